The number of rotatable bonds is 5. The topological polar surface area (TPSA) is 59.7 Å². The van der Waals surface area contributed by atoms with E-state index in [0.29, 0.717) is 5.76 Å². The number of fused-ring (bicyclic) bond motifs is 1. The maximum atomic E-state index is 12.4. The molecule has 0 fully saturated rings. The Morgan fingerprint density at radius 1 is 1.45 bits per heavy atom. The molecule has 1 aromatic carbocycles. The summed E-state index contributed by atoms with van der Waals surface area (Å²) in [6.45, 7) is 0.865. The lowest BCUT2D eigenvalue weighted by Gasteiger charge is -2.06. The van der Waals surface area contributed by atoms with Gasteiger partial charge in [-0.05, 0) is 24.6 Å². The summed E-state index contributed by atoms with van der Waals surface area (Å²) in [5.41, 5.74) is 0.0421. The van der Waals surface area contributed by atoms with E-state index in [1.807, 2.05) is 13.8 Å². The first kappa shape index (κ1) is 14.3. The van der Waals surface area contributed by atoms with Gasteiger partial charge in [0.2, 0.25) is 0 Å². The second kappa shape index (κ2) is 5.48. The Morgan fingerprint density at radius 2 is 2.15 bits per heavy atom. The maximum Gasteiger partial charge on any atom is 0.387 e. The molecule has 1 aromatic heterocycles. The number of alkyl halides is 2. The molecule has 1 heterocycles. The summed E-state index contributed by atoms with van der Waals surface area (Å²) in [6, 6.07) is 3.99. The van der Waals surface area contributed by atoms with Gasteiger partial charge < -0.3 is 14.3 Å². The normalized spacial score (nSPS) is 12.8. The lowest BCUT2D eigenvalue weighted by atomic mass is 10.0. The van der Waals surface area contributed by atoms with E-state index in [1.54, 1.807) is 6.07 Å². The third kappa shape index (κ3) is 2.59. The number of carbonyl (C=O) groups is 1. The van der Waals surface area contributed by atoms with Crippen molar-refractivity contribution in [2.75, 3.05) is 0 Å². The molecular weight excluding hydrogens is 270 g/mol. The lowest BCUT2D eigenvalue weighted by Crippen LogP contribution is -2.03. The van der Waals surface area contributed by atoms with E-state index in [4.69, 9.17) is 9.52 Å². The van der Waals surface area contributed by atoms with Gasteiger partial charge >= 0.3 is 12.6 Å². The van der Waals surface area contributed by atoms with Crippen LogP contribution >= 0.6 is 0 Å². The van der Waals surface area contributed by atoms with Crippen LogP contribution in [0.4, 0.5) is 8.78 Å². The minimum atomic E-state index is -2.99. The van der Waals surface area contributed by atoms with Crippen LogP contribution < -0.4 is 4.74 Å². The van der Waals surface area contributed by atoms with Crippen molar-refractivity contribution in [3.8, 4) is 5.75 Å². The van der Waals surface area contributed by atoms with Crippen LogP contribution in [0.5, 0.6) is 5.75 Å². The van der Waals surface area contributed by atoms with Gasteiger partial charge in [0.05, 0.1) is 5.56 Å². The number of benzene rings is 1. The van der Waals surface area contributed by atoms with Crippen molar-refractivity contribution in [1.82, 2.24) is 0 Å². The average molecular weight is 284 g/mol. The number of carboxylic acids is 1. The van der Waals surface area contributed by atoms with Crippen molar-refractivity contribution in [2.45, 2.75) is 32.8 Å². The van der Waals surface area contributed by atoms with Gasteiger partial charge in [0.15, 0.2) is 11.3 Å². The molecule has 20 heavy (non-hydrogen) atoms. The zero-order chi connectivity index (χ0) is 14.9. The van der Waals surface area contributed by atoms with E-state index in [1.165, 1.54) is 12.1 Å². The van der Waals surface area contributed by atoms with Gasteiger partial charge in [-0.2, -0.15) is 8.78 Å². The van der Waals surface area contributed by atoms with E-state index in [0.717, 1.165) is 6.42 Å². The summed E-state index contributed by atoms with van der Waals surface area (Å²) in [4.78, 5) is 11.2. The van der Waals surface area contributed by atoms with Crippen LogP contribution in [-0.4, -0.2) is 17.7 Å². The summed E-state index contributed by atoms with van der Waals surface area (Å²) in [5.74, 6) is -0.691. The predicted molar refractivity (Wildman–Crippen MR) is 68.5 cm³/mol. The molecule has 4 nitrogen and oxygen atoms in total. The second-order valence-corrected chi connectivity index (χ2v) is 4.50. The van der Waals surface area contributed by atoms with E-state index in [9.17, 15) is 13.6 Å². The predicted octanol–water partition coefficient (Wildman–Crippen LogP) is 4.25. The Labute approximate surface area is 113 Å². The first-order valence-electron chi connectivity index (χ1n) is 6.18. The fraction of sp³-hybridized carbons (Fsp3) is 0.357. The first-order chi connectivity index (χ1) is 9.43. The number of furan rings is 1. The molecule has 0 bridgehead atoms. The molecule has 108 valence electrons. The van der Waals surface area contributed by atoms with Gasteiger partial charge in [-0.15, -0.1) is 0 Å². The third-order valence-electron chi connectivity index (χ3n) is 3.21. The van der Waals surface area contributed by atoms with Crippen LogP contribution in [0, 0.1) is 0 Å². The van der Waals surface area contributed by atoms with E-state index < -0.39 is 12.6 Å². The minimum Gasteiger partial charge on any atom is -0.478 e. The highest BCUT2D eigenvalue weighted by atomic mass is 19.3. The van der Waals surface area contributed by atoms with Crippen LogP contribution in [0.25, 0.3) is 11.0 Å². The Bertz CT molecular complexity index is 633. The number of carboxylic acid groups (broad SMARTS) is 1. The Balaban J connectivity index is 2.64. The molecule has 2 rings (SSSR count). The van der Waals surface area contributed by atoms with Crippen molar-refractivity contribution in [2.24, 2.45) is 0 Å². The Morgan fingerprint density at radius 3 is 2.70 bits per heavy atom. The molecule has 6 heteroatoms. The zero-order valence-corrected chi connectivity index (χ0v) is 11.0. The van der Waals surface area contributed by atoms with Crippen LogP contribution in [0.3, 0.4) is 0 Å². The molecule has 0 amide bonds. The molecule has 2 aromatic rings. The quantitative estimate of drug-likeness (QED) is 0.891. The molecule has 0 saturated heterocycles. The van der Waals surface area contributed by atoms with Gasteiger partial charge in [0.1, 0.15) is 5.76 Å². The van der Waals surface area contributed by atoms with E-state index in [2.05, 4.69) is 4.74 Å². The molecule has 0 aliphatic carbocycles. The van der Waals surface area contributed by atoms with Gasteiger partial charge in [0, 0.05) is 11.3 Å². The monoisotopic (exact) mass is 284 g/mol. The number of halogens is 2. The van der Waals surface area contributed by atoms with Crippen molar-refractivity contribution >= 4 is 16.9 Å². The van der Waals surface area contributed by atoms with Crippen molar-refractivity contribution < 1.29 is 27.8 Å². The number of ether oxygens (including phenoxy) is 1. The number of hydrogen-bond acceptors (Lipinski definition) is 3. The summed E-state index contributed by atoms with van der Waals surface area (Å²) in [5, 5.41) is 9.40. The SMILES string of the molecule is CCC(C)c1cc2c(C(=O)O)ccc(OC(F)F)c2o1. The van der Waals surface area contributed by atoms with Gasteiger partial charge in [-0.1, -0.05) is 13.8 Å². The fourth-order valence-corrected chi connectivity index (χ4v) is 1.94. The molecule has 0 aliphatic rings. The molecule has 1 atom stereocenters. The van der Waals surface area contributed by atoms with Gasteiger partial charge in [-0.3, -0.25) is 0 Å². The Kier molecular flexibility index (Phi) is 3.92. The maximum absolute atomic E-state index is 12.4. The second-order valence-electron chi connectivity index (χ2n) is 4.50. The summed E-state index contributed by atoms with van der Waals surface area (Å²) < 4.78 is 34.6. The molecule has 1 unspecified atom stereocenters. The highest BCUT2D eigenvalue weighted by molar-refractivity contribution is 6.04. The molecule has 1 N–H and O–H groups in total. The molecule has 0 aliphatic heterocycles. The number of aromatic carboxylic acids is 1. The van der Waals surface area contributed by atoms with Crippen LogP contribution in [0.2, 0.25) is 0 Å². The van der Waals surface area contributed by atoms with Gasteiger partial charge in [0.25, 0.3) is 0 Å². The number of hydrogen-bond donors (Lipinski definition) is 1. The smallest absolute Gasteiger partial charge is 0.387 e. The average Bonchev–Trinajstić information content (AvgIpc) is 2.82. The van der Waals surface area contributed by atoms with Crippen molar-refractivity contribution in [3.63, 3.8) is 0 Å². The molecule has 0 radical (unpaired) electrons. The van der Waals surface area contributed by atoms with Crippen LogP contribution in [0.1, 0.15) is 42.3 Å². The fourth-order valence-electron chi connectivity index (χ4n) is 1.94. The van der Waals surface area contributed by atoms with E-state index >= 15 is 0 Å². The summed E-state index contributed by atoms with van der Waals surface area (Å²) in [6.07, 6.45) is 0.785. The standard InChI is InChI=1S/C14H14F2O4/c1-3-7(2)11-6-9-8(13(17)18)4-5-10(12(9)19-11)20-14(15)16/h4-7,14H,3H2,1-2H3,(H,17,18). The van der Waals surface area contributed by atoms with Crippen molar-refractivity contribution in [3.05, 3.63) is 29.5 Å². The molecular formula is C14H14F2O4. The zero-order valence-electron chi connectivity index (χ0n) is 11.0. The largest absolute Gasteiger partial charge is 0.478 e. The van der Waals surface area contributed by atoms with Crippen LogP contribution in [-0.2, 0) is 0 Å². The molecule has 0 spiro atoms. The lowest BCUT2D eigenvalue weighted by molar-refractivity contribution is -0.0494. The highest BCUT2D eigenvalue weighted by Crippen LogP contribution is 2.35. The Hall–Kier alpha value is -2.11. The van der Waals surface area contributed by atoms with Crippen molar-refractivity contribution in [1.29, 1.82) is 0 Å². The highest BCUT2D eigenvalue weighted by Gasteiger charge is 2.20. The third-order valence-corrected chi connectivity index (χ3v) is 3.21. The van der Waals surface area contributed by atoms with E-state index in [-0.39, 0.29) is 28.2 Å². The van der Waals surface area contributed by atoms with Gasteiger partial charge in [-0.25, -0.2) is 4.79 Å². The molecule has 0 saturated carbocycles. The summed E-state index contributed by atoms with van der Waals surface area (Å²) in [7, 11) is 0. The first-order valence-corrected chi connectivity index (χ1v) is 6.18. The minimum absolute atomic E-state index is 0.0000746. The summed E-state index contributed by atoms with van der Waals surface area (Å²) >= 11 is 0. The van der Waals surface area contributed by atoms with Crippen LogP contribution in [0.15, 0.2) is 22.6 Å².